The van der Waals surface area contributed by atoms with Crippen molar-refractivity contribution in [2.75, 3.05) is 13.5 Å². The summed E-state index contributed by atoms with van der Waals surface area (Å²) in [5.74, 6) is 5.47. The van der Waals surface area contributed by atoms with Crippen LogP contribution in [0.4, 0.5) is 0 Å². The molecule has 2 aromatic carbocycles. The Bertz CT molecular complexity index is 920. The van der Waals surface area contributed by atoms with E-state index < -0.39 is 13.5 Å². The van der Waals surface area contributed by atoms with Gasteiger partial charge < -0.3 is 0 Å². The molecule has 2 aromatic rings. The maximum absolute atomic E-state index is 8.33. The van der Waals surface area contributed by atoms with Crippen LogP contribution in [0, 0.1) is 17.3 Å². The third-order valence-electron chi connectivity index (χ3n) is 3.01. The molecule has 0 radical (unpaired) electrons. The van der Waals surface area contributed by atoms with Gasteiger partial charge in [0.1, 0.15) is 0 Å². The molecule has 0 aromatic heterocycles. The van der Waals surface area contributed by atoms with Crippen LogP contribution >= 0.6 is 0 Å². The van der Waals surface area contributed by atoms with Crippen molar-refractivity contribution in [3.8, 4) is 11.8 Å². The van der Waals surface area contributed by atoms with Crippen LogP contribution in [-0.4, -0.2) is 18.4 Å². The molecule has 0 atom stereocenters. The Labute approximate surface area is 143 Å². The molecule has 22 heavy (non-hydrogen) atoms. The molecule has 2 rings (SSSR count). The summed E-state index contributed by atoms with van der Waals surface area (Å²) in [4.78, 5) is 0.787. The molecule has 0 heterocycles. The van der Waals surface area contributed by atoms with E-state index in [9.17, 15) is 0 Å². The summed E-state index contributed by atoms with van der Waals surface area (Å²) in [7, 11) is 0. The Morgan fingerprint density at radius 2 is 2.00 bits per heavy atom. The van der Waals surface area contributed by atoms with Gasteiger partial charge in [-0.25, -0.2) is 0 Å². The van der Waals surface area contributed by atoms with E-state index in [2.05, 4.69) is 11.8 Å². The van der Waals surface area contributed by atoms with Gasteiger partial charge in [0.15, 0.2) is 0 Å². The van der Waals surface area contributed by atoms with Gasteiger partial charge in [0.05, 0.1) is 1.37 Å². The number of benzene rings is 2. The van der Waals surface area contributed by atoms with Crippen molar-refractivity contribution in [2.24, 2.45) is 5.41 Å². The Hall–Kier alpha value is -2.04. The molecule has 0 saturated carbocycles. The van der Waals surface area contributed by atoms with E-state index in [0.717, 1.165) is 21.7 Å². The Morgan fingerprint density at radius 3 is 2.77 bits per heavy atom. The van der Waals surface area contributed by atoms with Gasteiger partial charge in [-0.15, -0.1) is 0 Å². The first-order valence-electron chi connectivity index (χ1n) is 10.3. The van der Waals surface area contributed by atoms with Gasteiger partial charge in [-0.3, -0.25) is 4.90 Å². The summed E-state index contributed by atoms with van der Waals surface area (Å²) in [6, 6.07) is 12.9. The van der Waals surface area contributed by atoms with Crippen LogP contribution < -0.4 is 0 Å². The van der Waals surface area contributed by atoms with Crippen molar-refractivity contribution < 1.29 is 8.22 Å². The highest BCUT2D eigenvalue weighted by Gasteiger charge is 2.03. The van der Waals surface area contributed by atoms with Gasteiger partial charge in [0.2, 0.25) is 0 Å². The van der Waals surface area contributed by atoms with Gasteiger partial charge in [-0.05, 0) is 50.1 Å². The fraction of sp³-hybridized carbons (Fsp3) is 0.333. The molecule has 0 amide bonds. The summed E-state index contributed by atoms with van der Waals surface area (Å²) in [5.41, 5.74) is 0.373. The summed E-state index contributed by atoms with van der Waals surface area (Å²) in [6.45, 7) is 0.480. The van der Waals surface area contributed by atoms with Crippen molar-refractivity contribution >= 4 is 10.8 Å². The molecule has 0 aliphatic carbocycles. The van der Waals surface area contributed by atoms with Crippen LogP contribution in [0.2, 0.25) is 0 Å². The summed E-state index contributed by atoms with van der Waals surface area (Å²) in [6.07, 6.45) is 0.962. The lowest BCUT2D eigenvalue weighted by atomic mass is 9.98. The highest BCUT2D eigenvalue weighted by atomic mass is 15.1. The first-order chi connectivity index (χ1) is 12.8. The van der Waals surface area contributed by atoms with E-state index in [0.29, 0.717) is 5.56 Å². The van der Waals surface area contributed by atoms with E-state index in [4.69, 9.17) is 8.22 Å². The van der Waals surface area contributed by atoms with Crippen molar-refractivity contribution in [2.45, 2.75) is 27.3 Å². The van der Waals surface area contributed by atoms with Crippen LogP contribution in [0.15, 0.2) is 54.6 Å². The van der Waals surface area contributed by atoms with E-state index in [-0.39, 0.29) is 18.0 Å². The van der Waals surface area contributed by atoms with Crippen molar-refractivity contribution in [1.29, 1.82) is 0 Å². The average Bonchev–Trinajstić information content (AvgIpc) is 2.55. The number of nitrogens with zero attached hydrogens (tertiary/aromatic N) is 1. The predicted octanol–water partition coefficient (Wildman–Crippen LogP) is 4.88. The summed E-state index contributed by atoms with van der Waals surface area (Å²) in [5, 5.41) is 1.83. The Kier molecular flexibility index (Phi) is 3.27. The molecular formula is C21H25N. The van der Waals surface area contributed by atoms with Crippen LogP contribution in [0.5, 0.6) is 0 Å². The van der Waals surface area contributed by atoms with Crippen LogP contribution in [0.3, 0.4) is 0 Å². The molecule has 0 saturated heterocycles. The first kappa shape index (κ1) is 9.87. The van der Waals surface area contributed by atoms with Crippen LogP contribution in [-0.2, 0) is 6.54 Å². The van der Waals surface area contributed by atoms with Gasteiger partial charge in [0.25, 0.3) is 0 Å². The van der Waals surface area contributed by atoms with Crippen molar-refractivity contribution in [3.63, 3.8) is 0 Å². The SMILES string of the molecule is [2H]/C(C#CC(C)(C)C)=C\C([2H])([2H])N(Cc1cccc2ccccc12)C([2H])([2H])[2H]. The molecule has 0 fully saturated rings. The summed E-state index contributed by atoms with van der Waals surface area (Å²) >= 11 is 0. The van der Waals surface area contributed by atoms with Gasteiger partial charge >= 0.3 is 0 Å². The second kappa shape index (κ2) is 7.29. The largest absolute Gasteiger partial charge is 0.298 e. The topological polar surface area (TPSA) is 3.24 Å². The fourth-order valence-electron chi connectivity index (χ4n) is 2.02. The van der Waals surface area contributed by atoms with Gasteiger partial charge in [-0.1, -0.05) is 60.4 Å². The van der Waals surface area contributed by atoms with E-state index in [1.165, 1.54) is 0 Å². The van der Waals surface area contributed by atoms with Crippen molar-refractivity contribution in [3.05, 3.63) is 60.2 Å². The lowest BCUT2D eigenvalue weighted by Gasteiger charge is -2.15. The van der Waals surface area contributed by atoms with E-state index in [1.54, 1.807) is 6.07 Å². The van der Waals surface area contributed by atoms with Gasteiger partial charge in [0, 0.05) is 25.3 Å². The monoisotopic (exact) mass is 297 g/mol. The number of hydrogen-bond acceptors (Lipinski definition) is 1. The third kappa shape index (κ3) is 5.06. The van der Waals surface area contributed by atoms with Crippen molar-refractivity contribution in [1.82, 2.24) is 4.90 Å². The molecule has 0 aliphatic heterocycles. The Balaban J connectivity index is 2.44. The molecule has 0 spiro atoms. The molecule has 0 bridgehead atoms. The van der Waals surface area contributed by atoms with E-state index >= 15 is 0 Å². The van der Waals surface area contributed by atoms with Crippen LogP contribution in [0.1, 0.15) is 34.6 Å². The van der Waals surface area contributed by atoms with Gasteiger partial charge in [-0.2, -0.15) is 0 Å². The van der Waals surface area contributed by atoms with E-state index in [1.807, 2.05) is 57.2 Å². The summed E-state index contributed by atoms with van der Waals surface area (Å²) < 4.78 is 48.1. The minimum absolute atomic E-state index is 0.124. The lowest BCUT2D eigenvalue weighted by Crippen LogP contribution is -2.17. The maximum atomic E-state index is 8.33. The molecule has 0 aliphatic rings. The highest BCUT2D eigenvalue weighted by molar-refractivity contribution is 5.85. The Morgan fingerprint density at radius 1 is 1.23 bits per heavy atom. The highest BCUT2D eigenvalue weighted by Crippen LogP contribution is 2.19. The van der Waals surface area contributed by atoms with Crippen LogP contribution in [0.25, 0.3) is 10.8 Å². The molecule has 0 unspecified atom stereocenters. The molecular weight excluding hydrogens is 266 g/mol. The lowest BCUT2D eigenvalue weighted by molar-refractivity contribution is 0.365. The molecule has 1 nitrogen and oxygen atoms in total. The predicted molar refractivity (Wildman–Crippen MR) is 96.7 cm³/mol. The normalized spacial score (nSPS) is 17.5. The smallest absolute Gasteiger partial charge is 0.0717 e. The zero-order valence-corrected chi connectivity index (χ0v) is 13.3. The third-order valence-corrected chi connectivity index (χ3v) is 3.01. The first-order valence-corrected chi connectivity index (χ1v) is 7.27. The molecule has 114 valence electrons. The maximum Gasteiger partial charge on any atom is 0.0717 e. The number of fused-ring (bicyclic) bond motifs is 1. The molecule has 0 N–H and O–H groups in total. The second-order valence-corrected chi connectivity index (χ2v) is 6.14. The standard InChI is InChI=1S/C21H25N/c1-21(2,3)15-8-5-9-16-22(4)17-19-13-10-12-18-11-6-7-14-20(18)19/h5-7,9-14H,16-17H2,1-4H3/b9-5+/i4D3,5D,16D2. The quantitative estimate of drug-likeness (QED) is 0.727. The number of hydrogen-bond donors (Lipinski definition) is 0. The molecule has 1 heteroatoms. The number of allylic oxidation sites excluding steroid dienone is 1. The zero-order chi connectivity index (χ0) is 21.2. The second-order valence-electron chi connectivity index (χ2n) is 6.14. The number of rotatable bonds is 4. The minimum Gasteiger partial charge on any atom is -0.298 e. The minimum atomic E-state index is -2.69. The zero-order valence-electron chi connectivity index (χ0n) is 19.3. The average molecular weight is 297 g/mol. The number of likely N-dealkylation sites (N-methyl/N-ethyl adjacent to an activating group) is 1. The fourth-order valence-corrected chi connectivity index (χ4v) is 2.02.